The van der Waals surface area contributed by atoms with Gasteiger partial charge in [0.2, 0.25) is 5.91 Å². The van der Waals surface area contributed by atoms with E-state index < -0.39 is 0 Å². The second-order valence-corrected chi connectivity index (χ2v) is 8.46. The molecule has 0 bridgehead atoms. The highest BCUT2D eigenvalue weighted by atomic mass is 16.5. The topological polar surface area (TPSA) is 95.3 Å². The Bertz CT molecular complexity index is 1390. The molecule has 2 aromatic carbocycles. The Morgan fingerprint density at radius 2 is 1.75 bits per heavy atom. The summed E-state index contributed by atoms with van der Waals surface area (Å²) in [7, 11) is 1.68. The summed E-state index contributed by atoms with van der Waals surface area (Å²) >= 11 is 0. The first kappa shape index (κ1) is 24.9. The molecule has 2 heterocycles. The van der Waals surface area contributed by atoms with E-state index in [4.69, 9.17) is 14.5 Å². The molecule has 0 radical (unpaired) electrons. The van der Waals surface area contributed by atoms with Crippen molar-refractivity contribution in [3.63, 3.8) is 0 Å². The van der Waals surface area contributed by atoms with Gasteiger partial charge in [-0.05, 0) is 44.0 Å². The lowest BCUT2D eigenvalue weighted by molar-refractivity contribution is -0.144. The number of aromatic nitrogens is 3. The molecule has 0 saturated heterocycles. The van der Waals surface area contributed by atoms with E-state index in [0.717, 1.165) is 33.9 Å². The normalized spacial score (nSPS) is 10.9. The fourth-order valence-electron chi connectivity index (χ4n) is 4.08. The number of carbonyl (C=O) groups excluding carboxylic acids is 2. The number of anilines is 1. The molecule has 0 aliphatic heterocycles. The monoisotopic (exact) mass is 486 g/mol. The van der Waals surface area contributed by atoms with Gasteiger partial charge in [0.1, 0.15) is 17.1 Å². The maximum absolute atomic E-state index is 12.3. The SMILES string of the molecule is CCOC(=O)CCC(=O)Nc1cc2nc(C)n(Cc3ccc(-c4ccccc4OC)cc3)c2nc1C. The van der Waals surface area contributed by atoms with Gasteiger partial charge in [-0.1, -0.05) is 42.5 Å². The van der Waals surface area contributed by atoms with Crippen LogP contribution in [0.2, 0.25) is 0 Å². The number of ether oxygens (including phenoxy) is 2. The molecule has 4 rings (SSSR count). The van der Waals surface area contributed by atoms with Crippen LogP contribution in [0.15, 0.2) is 54.6 Å². The van der Waals surface area contributed by atoms with Gasteiger partial charge in [0.25, 0.3) is 0 Å². The number of para-hydroxylation sites is 1. The summed E-state index contributed by atoms with van der Waals surface area (Å²) in [5, 5.41) is 2.84. The van der Waals surface area contributed by atoms with Crippen LogP contribution in [-0.4, -0.2) is 40.1 Å². The lowest BCUT2D eigenvalue weighted by atomic mass is 10.0. The van der Waals surface area contributed by atoms with Gasteiger partial charge in [0.05, 0.1) is 38.1 Å². The predicted octanol–water partition coefficient (Wildman–Crippen LogP) is 5.05. The lowest BCUT2D eigenvalue weighted by Crippen LogP contribution is -2.15. The van der Waals surface area contributed by atoms with Crippen molar-refractivity contribution in [3.8, 4) is 16.9 Å². The minimum atomic E-state index is -0.386. The minimum absolute atomic E-state index is 0.0397. The third-order valence-corrected chi connectivity index (χ3v) is 5.95. The van der Waals surface area contributed by atoms with Crippen molar-refractivity contribution in [1.29, 1.82) is 0 Å². The predicted molar refractivity (Wildman–Crippen MR) is 139 cm³/mol. The van der Waals surface area contributed by atoms with Crippen LogP contribution < -0.4 is 10.1 Å². The van der Waals surface area contributed by atoms with Crippen LogP contribution >= 0.6 is 0 Å². The number of hydrogen-bond donors (Lipinski definition) is 1. The number of nitrogens with zero attached hydrogens (tertiary/aromatic N) is 3. The molecule has 186 valence electrons. The molecule has 0 aliphatic carbocycles. The summed E-state index contributed by atoms with van der Waals surface area (Å²) in [6.45, 7) is 6.44. The van der Waals surface area contributed by atoms with E-state index in [9.17, 15) is 9.59 Å². The van der Waals surface area contributed by atoms with E-state index in [1.807, 2.05) is 44.2 Å². The Morgan fingerprint density at radius 1 is 1.00 bits per heavy atom. The smallest absolute Gasteiger partial charge is 0.306 e. The maximum Gasteiger partial charge on any atom is 0.306 e. The molecule has 1 amide bonds. The number of pyridine rings is 1. The number of amides is 1. The Morgan fingerprint density at radius 3 is 2.47 bits per heavy atom. The van der Waals surface area contributed by atoms with Gasteiger partial charge >= 0.3 is 5.97 Å². The van der Waals surface area contributed by atoms with Gasteiger partial charge in [-0.2, -0.15) is 0 Å². The van der Waals surface area contributed by atoms with Gasteiger partial charge in [-0.15, -0.1) is 0 Å². The van der Waals surface area contributed by atoms with Crippen molar-refractivity contribution in [3.05, 3.63) is 71.7 Å². The van der Waals surface area contributed by atoms with Gasteiger partial charge < -0.3 is 19.4 Å². The van der Waals surface area contributed by atoms with E-state index in [2.05, 4.69) is 39.1 Å². The second-order valence-electron chi connectivity index (χ2n) is 8.46. The lowest BCUT2D eigenvalue weighted by Gasteiger charge is -2.11. The molecule has 8 nitrogen and oxygen atoms in total. The highest BCUT2D eigenvalue weighted by Gasteiger charge is 2.15. The molecule has 8 heteroatoms. The molecular formula is C28H30N4O4. The minimum Gasteiger partial charge on any atom is -0.496 e. The van der Waals surface area contributed by atoms with Crippen LogP contribution in [-0.2, 0) is 20.9 Å². The van der Waals surface area contributed by atoms with E-state index in [0.29, 0.717) is 30.0 Å². The van der Waals surface area contributed by atoms with Crippen LogP contribution in [0.5, 0.6) is 5.75 Å². The van der Waals surface area contributed by atoms with Crippen LogP contribution in [0.4, 0.5) is 5.69 Å². The van der Waals surface area contributed by atoms with Crippen molar-refractivity contribution < 1.29 is 19.1 Å². The van der Waals surface area contributed by atoms with Crippen LogP contribution in [0, 0.1) is 13.8 Å². The summed E-state index contributed by atoms with van der Waals surface area (Å²) in [4.78, 5) is 33.2. The van der Waals surface area contributed by atoms with Crippen LogP contribution in [0.3, 0.4) is 0 Å². The average Bonchev–Trinajstić information content (AvgIpc) is 3.17. The highest BCUT2D eigenvalue weighted by molar-refractivity contribution is 5.94. The fourth-order valence-corrected chi connectivity index (χ4v) is 4.08. The quantitative estimate of drug-likeness (QED) is 0.333. The number of fused-ring (bicyclic) bond motifs is 1. The van der Waals surface area contributed by atoms with Crippen molar-refractivity contribution in [1.82, 2.24) is 14.5 Å². The first-order valence-electron chi connectivity index (χ1n) is 11.9. The van der Waals surface area contributed by atoms with Crippen molar-refractivity contribution in [2.24, 2.45) is 0 Å². The molecule has 36 heavy (non-hydrogen) atoms. The van der Waals surface area contributed by atoms with Gasteiger partial charge in [0.15, 0.2) is 5.65 Å². The second kappa shape index (κ2) is 11.0. The largest absolute Gasteiger partial charge is 0.496 e. The molecule has 2 aromatic heterocycles. The number of rotatable bonds is 9. The summed E-state index contributed by atoms with van der Waals surface area (Å²) in [6.07, 6.45) is 0.0899. The number of methoxy groups -OCH3 is 1. The van der Waals surface area contributed by atoms with E-state index >= 15 is 0 Å². The molecule has 0 saturated carbocycles. The number of nitrogens with one attached hydrogen (secondary N) is 1. The summed E-state index contributed by atoms with van der Waals surface area (Å²) in [5.74, 6) is 1.02. The Hall–Kier alpha value is -4.20. The molecule has 1 N–H and O–H groups in total. The number of carbonyl (C=O) groups is 2. The molecule has 0 unspecified atom stereocenters. The van der Waals surface area contributed by atoms with Crippen molar-refractivity contribution >= 4 is 28.7 Å². The first-order valence-corrected chi connectivity index (χ1v) is 11.9. The zero-order valence-corrected chi connectivity index (χ0v) is 21.0. The summed E-state index contributed by atoms with van der Waals surface area (Å²) in [5.41, 5.74) is 5.96. The number of hydrogen-bond acceptors (Lipinski definition) is 6. The first-order chi connectivity index (χ1) is 17.4. The number of benzene rings is 2. The molecule has 4 aromatic rings. The summed E-state index contributed by atoms with van der Waals surface area (Å²) < 4.78 is 12.4. The molecular weight excluding hydrogens is 456 g/mol. The zero-order chi connectivity index (χ0) is 25.7. The van der Waals surface area contributed by atoms with Gasteiger partial charge in [0, 0.05) is 12.0 Å². The molecule has 0 spiro atoms. The zero-order valence-electron chi connectivity index (χ0n) is 21.0. The Labute approximate surface area is 210 Å². The van der Waals surface area contributed by atoms with E-state index in [1.54, 1.807) is 14.0 Å². The number of esters is 1. The third-order valence-electron chi connectivity index (χ3n) is 5.95. The van der Waals surface area contributed by atoms with Gasteiger partial charge in [-0.3, -0.25) is 9.59 Å². The Kier molecular flexibility index (Phi) is 7.63. The number of aryl methyl sites for hydroxylation is 2. The number of imidazole rings is 1. The van der Waals surface area contributed by atoms with E-state index in [1.165, 1.54) is 0 Å². The van der Waals surface area contributed by atoms with E-state index in [-0.39, 0.29) is 24.7 Å². The van der Waals surface area contributed by atoms with Crippen LogP contribution in [0.25, 0.3) is 22.3 Å². The van der Waals surface area contributed by atoms with Crippen molar-refractivity contribution in [2.75, 3.05) is 19.0 Å². The van der Waals surface area contributed by atoms with Gasteiger partial charge in [-0.25, -0.2) is 9.97 Å². The Balaban J connectivity index is 1.51. The molecule has 0 atom stereocenters. The highest BCUT2D eigenvalue weighted by Crippen LogP contribution is 2.30. The maximum atomic E-state index is 12.3. The van der Waals surface area contributed by atoms with Crippen molar-refractivity contribution in [2.45, 2.75) is 40.2 Å². The van der Waals surface area contributed by atoms with Crippen LogP contribution in [0.1, 0.15) is 36.8 Å². The standard InChI is InChI=1S/C28H30N4O4/c1-5-36-27(34)15-14-26(33)31-23-16-24-28(29-18(23)2)32(19(3)30-24)17-20-10-12-21(13-11-20)22-8-6-7-9-25(22)35-4/h6-13,16H,5,14-15,17H2,1-4H3,(H,31,33). The third kappa shape index (κ3) is 5.54. The molecule has 0 aliphatic rings. The average molecular weight is 487 g/mol. The molecule has 0 fully saturated rings. The fraction of sp³-hybridized carbons (Fsp3) is 0.286. The summed E-state index contributed by atoms with van der Waals surface area (Å²) in [6, 6.07) is 18.1.